The van der Waals surface area contributed by atoms with Crippen LogP contribution in [-0.2, 0) is 4.79 Å². The van der Waals surface area contributed by atoms with Crippen LogP contribution in [0.3, 0.4) is 0 Å². The van der Waals surface area contributed by atoms with Crippen LogP contribution in [-0.4, -0.2) is 16.4 Å². The number of nitrogens with one attached hydrogen (secondary N) is 1. The summed E-state index contributed by atoms with van der Waals surface area (Å²) in [7, 11) is 0. The van der Waals surface area contributed by atoms with Crippen LogP contribution < -0.4 is 10.4 Å². The molecule has 2 aromatic rings. The van der Waals surface area contributed by atoms with Gasteiger partial charge in [-0.25, -0.2) is 24.2 Å². The summed E-state index contributed by atoms with van der Waals surface area (Å²) in [6.07, 6.45) is 1.91. The fraction of sp³-hybridized carbons (Fsp3) is 0.222. The van der Waals surface area contributed by atoms with E-state index in [1.165, 1.54) is 11.2 Å². The summed E-state index contributed by atoms with van der Waals surface area (Å²) in [5, 5.41) is 1.45. The topological polar surface area (TPSA) is 45.2 Å². The fourth-order valence-electron chi connectivity index (χ4n) is 2.39. The number of pyridine rings is 1. The van der Waals surface area contributed by atoms with E-state index in [1.54, 1.807) is 12.1 Å². The van der Waals surface area contributed by atoms with Crippen LogP contribution in [0.4, 0.5) is 14.5 Å². The standard InChI is InChI=1S/C18H15F2N3O/c1-18(2)10-17(24)23(22-18)15-7-6-14(21-11-15)5-3-12-9-13(19)4-8-16(12)20/h4,6-9,11,22H,10H2,1-2H3. The highest BCUT2D eigenvalue weighted by Crippen LogP contribution is 2.24. The molecule has 1 saturated heterocycles. The summed E-state index contributed by atoms with van der Waals surface area (Å²) in [6.45, 7) is 3.87. The maximum Gasteiger partial charge on any atom is 0.243 e. The van der Waals surface area contributed by atoms with Gasteiger partial charge in [-0.15, -0.1) is 0 Å². The monoisotopic (exact) mass is 327 g/mol. The van der Waals surface area contributed by atoms with E-state index in [1.807, 2.05) is 13.8 Å². The van der Waals surface area contributed by atoms with Gasteiger partial charge in [-0.05, 0) is 50.1 Å². The molecule has 1 fully saturated rings. The lowest BCUT2D eigenvalue weighted by molar-refractivity contribution is -0.117. The Morgan fingerprint density at radius 3 is 2.62 bits per heavy atom. The van der Waals surface area contributed by atoms with Crippen molar-refractivity contribution in [1.29, 1.82) is 0 Å². The highest BCUT2D eigenvalue weighted by atomic mass is 19.1. The molecule has 1 N–H and O–H groups in total. The molecular formula is C18H15F2N3O. The maximum atomic E-state index is 13.5. The molecule has 1 aliphatic heterocycles. The Hall–Kier alpha value is -2.78. The summed E-state index contributed by atoms with van der Waals surface area (Å²) in [6, 6.07) is 6.42. The normalized spacial score (nSPS) is 16.0. The van der Waals surface area contributed by atoms with E-state index in [0.29, 0.717) is 17.8 Å². The van der Waals surface area contributed by atoms with Crippen molar-refractivity contribution in [2.75, 3.05) is 5.01 Å². The van der Waals surface area contributed by atoms with Gasteiger partial charge in [0.2, 0.25) is 5.91 Å². The van der Waals surface area contributed by atoms with Gasteiger partial charge in [0, 0.05) is 12.0 Å². The Labute approximate surface area is 138 Å². The number of nitrogens with zero attached hydrogens (tertiary/aromatic N) is 2. The molecule has 24 heavy (non-hydrogen) atoms. The third-order valence-electron chi connectivity index (χ3n) is 3.52. The van der Waals surface area contributed by atoms with Crippen molar-refractivity contribution in [3.8, 4) is 11.8 Å². The summed E-state index contributed by atoms with van der Waals surface area (Å²) in [5.41, 5.74) is 3.78. The first-order valence-corrected chi connectivity index (χ1v) is 7.38. The summed E-state index contributed by atoms with van der Waals surface area (Å²) in [5.74, 6) is 4.06. The number of benzene rings is 1. The van der Waals surface area contributed by atoms with Gasteiger partial charge in [0.15, 0.2) is 0 Å². The largest absolute Gasteiger partial charge is 0.273 e. The zero-order valence-electron chi connectivity index (χ0n) is 13.2. The number of amides is 1. The van der Waals surface area contributed by atoms with Gasteiger partial charge in [-0.3, -0.25) is 4.79 Å². The highest BCUT2D eigenvalue weighted by molar-refractivity contribution is 5.95. The van der Waals surface area contributed by atoms with Gasteiger partial charge in [0.25, 0.3) is 0 Å². The van der Waals surface area contributed by atoms with Crippen molar-refractivity contribution in [3.63, 3.8) is 0 Å². The number of rotatable bonds is 1. The number of halogens is 2. The van der Waals surface area contributed by atoms with Crippen LogP contribution in [0.5, 0.6) is 0 Å². The van der Waals surface area contributed by atoms with E-state index >= 15 is 0 Å². The van der Waals surface area contributed by atoms with Crippen molar-refractivity contribution in [1.82, 2.24) is 10.4 Å². The van der Waals surface area contributed by atoms with E-state index in [2.05, 4.69) is 22.3 Å². The van der Waals surface area contributed by atoms with E-state index in [4.69, 9.17) is 0 Å². The minimum absolute atomic E-state index is 0.0287. The lowest BCUT2D eigenvalue weighted by Gasteiger charge is -2.21. The lowest BCUT2D eigenvalue weighted by atomic mass is 10.0. The molecule has 1 aliphatic rings. The number of hydrogen-bond acceptors (Lipinski definition) is 3. The minimum Gasteiger partial charge on any atom is -0.273 e. The number of hydrogen-bond donors (Lipinski definition) is 1. The second-order valence-corrected chi connectivity index (χ2v) is 6.18. The molecule has 0 saturated carbocycles. The molecule has 6 heteroatoms. The number of carbonyl (C=O) groups is 1. The first-order valence-electron chi connectivity index (χ1n) is 7.38. The van der Waals surface area contributed by atoms with Crippen LogP contribution in [0.15, 0.2) is 36.5 Å². The Morgan fingerprint density at radius 1 is 1.21 bits per heavy atom. The van der Waals surface area contributed by atoms with Crippen molar-refractivity contribution in [3.05, 3.63) is 59.4 Å². The fourth-order valence-corrected chi connectivity index (χ4v) is 2.39. The van der Waals surface area contributed by atoms with Gasteiger partial charge in [0.1, 0.15) is 17.3 Å². The van der Waals surface area contributed by atoms with E-state index in [9.17, 15) is 13.6 Å². The Kier molecular flexibility index (Phi) is 4.04. The average molecular weight is 327 g/mol. The molecule has 3 rings (SSSR count). The van der Waals surface area contributed by atoms with Gasteiger partial charge in [-0.2, -0.15) is 0 Å². The van der Waals surface area contributed by atoms with Crippen molar-refractivity contribution < 1.29 is 13.6 Å². The zero-order chi connectivity index (χ0) is 17.3. The first kappa shape index (κ1) is 16.1. The zero-order valence-corrected chi connectivity index (χ0v) is 13.2. The Morgan fingerprint density at radius 2 is 2.00 bits per heavy atom. The van der Waals surface area contributed by atoms with E-state index < -0.39 is 11.6 Å². The smallest absolute Gasteiger partial charge is 0.243 e. The van der Waals surface area contributed by atoms with Crippen molar-refractivity contribution in [2.45, 2.75) is 25.8 Å². The molecule has 1 aromatic carbocycles. The van der Waals surface area contributed by atoms with Crippen LogP contribution >= 0.6 is 0 Å². The highest BCUT2D eigenvalue weighted by Gasteiger charge is 2.36. The second kappa shape index (κ2) is 6.02. The molecule has 0 atom stereocenters. The summed E-state index contributed by atoms with van der Waals surface area (Å²) in [4.78, 5) is 16.1. The average Bonchev–Trinajstić information content (AvgIpc) is 2.81. The number of anilines is 1. The predicted octanol–water partition coefficient (Wildman–Crippen LogP) is 2.78. The van der Waals surface area contributed by atoms with Crippen LogP contribution in [0.2, 0.25) is 0 Å². The van der Waals surface area contributed by atoms with Crippen LogP contribution in [0.1, 0.15) is 31.5 Å². The lowest BCUT2D eigenvalue weighted by Crippen LogP contribution is -2.42. The molecule has 0 bridgehead atoms. The summed E-state index contributed by atoms with van der Waals surface area (Å²) < 4.78 is 26.6. The molecule has 122 valence electrons. The molecule has 1 amide bonds. The van der Waals surface area contributed by atoms with E-state index in [-0.39, 0.29) is 17.0 Å². The van der Waals surface area contributed by atoms with E-state index in [0.717, 1.165) is 18.2 Å². The molecule has 2 heterocycles. The number of carbonyl (C=O) groups excluding carboxylic acids is 1. The van der Waals surface area contributed by atoms with Crippen LogP contribution in [0, 0.1) is 23.5 Å². The third kappa shape index (κ3) is 3.42. The summed E-state index contributed by atoms with van der Waals surface area (Å²) >= 11 is 0. The number of hydrazine groups is 1. The van der Waals surface area contributed by atoms with Crippen molar-refractivity contribution in [2.24, 2.45) is 0 Å². The Balaban J connectivity index is 1.80. The molecule has 4 nitrogen and oxygen atoms in total. The van der Waals surface area contributed by atoms with Gasteiger partial charge < -0.3 is 0 Å². The first-order chi connectivity index (χ1) is 11.3. The SMILES string of the molecule is CC1(C)CC(=O)N(c2ccc(C#Cc3cc(F)ccc3F)nc2)N1. The van der Waals surface area contributed by atoms with Gasteiger partial charge in [-0.1, -0.05) is 5.92 Å². The van der Waals surface area contributed by atoms with Gasteiger partial charge in [0.05, 0.1) is 17.4 Å². The van der Waals surface area contributed by atoms with Crippen molar-refractivity contribution >= 4 is 11.6 Å². The number of aromatic nitrogens is 1. The predicted molar refractivity (Wildman–Crippen MR) is 85.9 cm³/mol. The second-order valence-electron chi connectivity index (χ2n) is 6.18. The Bertz CT molecular complexity index is 851. The molecule has 1 aromatic heterocycles. The quantitative estimate of drug-likeness (QED) is 0.819. The maximum absolute atomic E-state index is 13.5. The molecule has 0 aliphatic carbocycles. The van der Waals surface area contributed by atoms with Gasteiger partial charge >= 0.3 is 0 Å². The molecule has 0 radical (unpaired) electrons. The molecule has 0 unspecified atom stereocenters. The molecule has 0 spiro atoms. The minimum atomic E-state index is -0.588. The van der Waals surface area contributed by atoms with Crippen LogP contribution in [0.25, 0.3) is 0 Å². The third-order valence-corrected chi connectivity index (χ3v) is 3.52. The molecular weight excluding hydrogens is 312 g/mol.